The Morgan fingerprint density at radius 2 is 2.03 bits per heavy atom. The van der Waals surface area contributed by atoms with Crippen LogP contribution in [0.5, 0.6) is 0 Å². The summed E-state index contributed by atoms with van der Waals surface area (Å²) in [7, 11) is 0. The largest absolute Gasteiger partial charge is 0.361 e. The number of amides is 1. The van der Waals surface area contributed by atoms with Crippen LogP contribution in [0.2, 0.25) is 5.02 Å². The van der Waals surface area contributed by atoms with Crippen molar-refractivity contribution < 1.29 is 9.32 Å². The molecule has 1 saturated heterocycles. The van der Waals surface area contributed by atoms with Crippen molar-refractivity contribution in [2.45, 2.75) is 33.7 Å². The van der Waals surface area contributed by atoms with Crippen LogP contribution in [0.1, 0.15) is 29.5 Å². The lowest BCUT2D eigenvalue weighted by Gasteiger charge is -2.36. The molecule has 0 aliphatic carbocycles. The van der Waals surface area contributed by atoms with Crippen LogP contribution in [0.3, 0.4) is 0 Å². The summed E-state index contributed by atoms with van der Waals surface area (Å²) < 4.78 is 5.22. The summed E-state index contributed by atoms with van der Waals surface area (Å²) >= 11 is 5.94. The van der Waals surface area contributed by atoms with Gasteiger partial charge in [0.15, 0.2) is 5.96 Å². The number of hydrogen-bond acceptors (Lipinski definition) is 4. The van der Waals surface area contributed by atoms with Gasteiger partial charge in [-0.05, 0) is 44.9 Å². The molecular formula is C21H28ClN5O2. The number of carbonyl (C=O) groups is 1. The van der Waals surface area contributed by atoms with E-state index in [1.165, 1.54) is 0 Å². The fourth-order valence-corrected chi connectivity index (χ4v) is 3.55. The van der Waals surface area contributed by atoms with E-state index >= 15 is 0 Å². The smallest absolute Gasteiger partial charge is 0.242 e. The number of rotatable bonds is 6. The lowest BCUT2D eigenvalue weighted by atomic mass is 10.1. The Hall–Kier alpha value is -2.54. The molecular weight excluding hydrogens is 390 g/mol. The molecule has 2 heterocycles. The van der Waals surface area contributed by atoms with Gasteiger partial charge in [-0.3, -0.25) is 9.79 Å². The zero-order valence-corrected chi connectivity index (χ0v) is 18.0. The van der Waals surface area contributed by atoms with Crippen molar-refractivity contribution in [2.24, 2.45) is 4.99 Å². The molecule has 0 bridgehead atoms. The molecule has 1 aliphatic rings. The minimum absolute atomic E-state index is 0.0996. The molecule has 1 aromatic carbocycles. The van der Waals surface area contributed by atoms with Crippen LogP contribution >= 0.6 is 11.6 Å². The molecule has 0 saturated carbocycles. The second-order valence-electron chi connectivity index (χ2n) is 7.15. The molecule has 8 heteroatoms. The maximum Gasteiger partial charge on any atom is 0.242 e. The average molecular weight is 418 g/mol. The van der Waals surface area contributed by atoms with Crippen molar-refractivity contribution in [3.63, 3.8) is 0 Å². The van der Waals surface area contributed by atoms with E-state index in [0.717, 1.165) is 48.1 Å². The highest BCUT2D eigenvalue weighted by Crippen LogP contribution is 2.15. The van der Waals surface area contributed by atoms with Gasteiger partial charge < -0.3 is 19.6 Å². The molecule has 156 valence electrons. The molecule has 1 amide bonds. The van der Waals surface area contributed by atoms with Gasteiger partial charge in [-0.1, -0.05) is 28.9 Å². The van der Waals surface area contributed by atoms with Crippen molar-refractivity contribution in [3.05, 3.63) is 51.9 Å². The summed E-state index contributed by atoms with van der Waals surface area (Å²) in [5, 5.41) is 8.00. The number of benzene rings is 1. The first-order valence-electron chi connectivity index (χ1n) is 9.95. The number of aromatic nitrogens is 1. The van der Waals surface area contributed by atoms with Crippen molar-refractivity contribution in [1.29, 1.82) is 0 Å². The molecule has 1 N–H and O–H groups in total. The number of nitrogens with one attached hydrogen (secondary N) is 1. The van der Waals surface area contributed by atoms with E-state index in [2.05, 4.69) is 10.5 Å². The third-order valence-electron chi connectivity index (χ3n) is 5.04. The number of halogens is 1. The Morgan fingerprint density at radius 1 is 1.28 bits per heavy atom. The van der Waals surface area contributed by atoms with Gasteiger partial charge in [0.25, 0.3) is 0 Å². The average Bonchev–Trinajstić information content (AvgIpc) is 3.02. The molecule has 3 rings (SSSR count). The first kappa shape index (κ1) is 21.2. The van der Waals surface area contributed by atoms with Gasteiger partial charge in [0, 0.05) is 43.3 Å². The molecule has 0 atom stereocenters. The summed E-state index contributed by atoms with van der Waals surface area (Å²) in [4.78, 5) is 21.3. The molecule has 29 heavy (non-hydrogen) atoms. The molecule has 2 aromatic rings. The monoisotopic (exact) mass is 417 g/mol. The Labute approximate surface area is 176 Å². The van der Waals surface area contributed by atoms with Crippen molar-refractivity contribution in [2.75, 3.05) is 32.7 Å². The molecule has 1 aromatic heterocycles. The number of carbonyl (C=O) groups excluding carboxylic acids is 1. The number of hydrogen-bond donors (Lipinski definition) is 1. The normalized spacial score (nSPS) is 15.2. The van der Waals surface area contributed by atoms with E-state index in [1.807, 2.05) is 54.8 Å². The van der Waals surface area contributed by atoms with Crippen LogP contribution in [0, 0.1) is 13.8 Å². The quantitative estimate of drug-likeness (QED) is 0.578. The van der Waals surface area contributed by atoms with E-state index in [1.54, 1.807) is 0 Å². The Bertz CT molecular complexity index is 843. The van der Waals surface area contributed by atoms with Gasteiger partial charge in [-0.2, -0.15) is 0 Å². The topological polar surface area (TPSA) is 74.0 Å². The summed E-state index contributed by atoms with van der Waals surface area (Å²) in [5.74, 6) is 1.72. The predicted octanol–water partition coefficient (Wildman–Crippen LogP) is 2.80. The highest BCUT2D eigenvalue weighted by molar-refractivity contribution is 6.30. The molecule has 0 spiro atoms. The van der Waals surface area contributed by atoms with Gasteiger partial charge in [0.05, 0.1) is 12.2 Å². The van der Waals surface area contributed by atoms with Gasteiger partial charge in [0.1, 0.15) is 5.76 Å². The van der Waals surface area contributed by atoms with E-state index < -0.39 is 0 Å². The minimum atomic E-state index is 0.0996. The van der Waals surface area contributed by atoms with E-state index in [4.69, 9.17) is 21.1 Å². The molecule has 0 radical (unpaired) electrons. The predicted molar refractivity (Wildman–Crippen MR) is 114 cm³/mol. The first-order chi connectivity index (χ1) is 14.0. The highest BCUT2D eigenvalue weighted by Gasteiger charge is 2.26. The lowest BCUT2D eigenvalue weighted by molar-refractivity contribution is -0.135. The van der Waals surface area contributed by atoms with E-state index in [9.17, 15) is 4.79 Å². The van der Waals surface area contributed by atoms with Crippen LogP contribution in [-0.4, -0.2) is 59.5 Å². The van der Waals surface area contributed by atoms with Crippen LogP contribution in [0.4, 0.5) is 0 Å². The third kappa shape index (κ3) is 5.50. The van der Waals surface area contributed by atoms with Crippen LogP contribution in [0.15, 0.2) is 33.8 Å². The van der Waals surface area contributed by atoms with Crippen LogP contribution < -0.4 is 5.32 Å². The number of aliphatic imine (C=N–C) groups is 1. The van der Waals surface area contributed by atoms with E-state index in [-0.39, 0.29) is 5.91 Å². The summed E-state index contributed by atoms with van der Waals surface area (Å²) in [5.41, 5.74) is 3.10. The zero-order valence-electron chi connectivity index (χ0n) is 17.2. The summed E-state index contributed by atoms with van der Waals surface area (Å²) in [6, 6.07) is 7.63. The molecule has 7 nitrogen and oxygen atoms in total. The third-order valence-corrected chi connectivity index (χ3v) is 5.30. The minimum Gasteiger partial charge on any atom is -0.361 e. The van der Waals surface area contributed by atoms with E-state index in [0.29, 0.717) is 31.2 Å². The summed E-state index contributed by atoms with van der Waals surface area (Å²) in [6.07, 6.45) is 0.764. The number of guanidine groups is 1. The van der Waals surface area contributed by atoms with Crippen molar-refractivity contribution >= 4 is 23.5 Å². The highest BCUT2D eigenvalue weighted by atomic mass is 35.5. The first-order valence-corrected chi connectivity index (χ1v) is 10.3. The lowest BCUT2D eigenvalue weighted by Crippen LogP contribution is -2.55. The second-order valence-corrected chi connectivity index (χ2v) is 7.59. The van der Waals surface area contributed by atoms with Crippen LogP contribution in [-0.2, 0) is 17.8 Å². The molecule has 0 unspecified atom stereocenters. The van der Waals surface area contributed by atoms with Gasteiger partial charge >= 0.3 is 0 Å². The molecule has 1 fully saturated rings. The Morgan fingerprint density at radius 3 is 2.66 bits per heavy atom. The van der Waals surface area contributed by atoms with Crippen molar-refractivity contribution in [3.8, 4) is 0 Å². The standard InChI is InChI=1S/C21H28ClN5O2/c1-4-23-21(24-10-9-19-15(2)25-29-16(19)3)27-12-11-26(20(28)14-27)13-17-5-7-18(22)8-6-17/h5-8H,4,9-14H2,1-3H3,(H,23,24). The fourth-order valence-electron chi connectivity index (χ4n) is 3.42. The SMILES string of the molecule is CCNC(=NCCc1c(C)noc1C)N1CCN(Cc2ccc(Cl)cc2)C(=O)C1. The number of nitrogens with zero attached hydrogens (tertiary/aromatic N) is 4. The Balaban J connectivity index is 1.59. The number of piperazine rings is 1. The Kier molecular flexibility index (Phi) is 7.14. The zero-order chi connectivity index (χ0) is 20.8. The maximum atomic E-state index is 12.7. The fraction of sp³-hybridized carbons (Fsp3) is 0.476. The second kappa shape index (κ2) is 9.78. The van der Waals surface area contributed by atoms with Crippen LogP contribution in [0.25, 0.3) is 0 Å². The van der Waals surface area contributed by atoms with Gasteiger partial charge in [-0.25, -0.2) is 0 Å². The molecule has 1 aliphatic heterocycles. The maximum absolute atomic E-state index is 12.7. The van der Waals surface area contributed by atoms with Gasteiger partial charge in [-0.15, -0.1) is 0 Å². The number of aryl methyl sites for hydroxylation is 2. The van der Waals surface area contributed by atoms with Gasteiger partial charge in [0.2, 0.25) is 5.91 Å². The summed E-state index contributed by atoms with van der Waals surface area (Å²) in [6.45, 7) is 9.60. The van der Waals surface area contributed by atoms with Crippen molar-refractivity contribution in [1.82, 2.24) is 20.3 Å².